The molecule has 0 aromatic rings. The molecule has 0 aromatic carbocycles. The summed E-state index contributed by atoms with van der Waals surface area (Å²) >= 11 is 0. The summed E-state index contributed by atoms with van der Waals surface area (Å²) < 4.78 is 22.9. The number of allylic oxidation sites excluding steroid dienone is 23. The summed E-state index contributed by atoms with van der Waals surface area (Å²) in [4.78, 5) is 13.4. The van der Waals surface area contributed by atoms with Crippen molar-refractivity contribution >= 4 is 5.91 Å². The van der Waals surface area contributed by atoms with E-state index in [1.807, 2.05) is 6.08 Å². The van der Waals surface area contributed by atoms with Crippen molar-refractivity contribution < 1.29 is 64.6 Å². The van der Waals surface area contributed by atoms with E-state index in [2.05, 4.69) is 153 Å². The molecule has 0 spiro atoms. The van der Waals surface area contributed by atoms with Gasteiger partial charge >= 0.3 is 0 Å². The molecule has 1 amide bonds. The van der Waals surface area contributed by atoms with Crippen molar-refractivity contribution in [2.24, 2.45) is 0 Å². The van der Waals surface area contributed by atoms with Crippen LogP contribution in [0.4, 0.5) is 0 Å². The molecule has 14 nitrogen and oxygen atoms in total. The third-order valence-electron chi connectivity index (χ3n) is 18.8. The highest BCUT2D eigenvalue weighted by atomic mass is 16.7. The normalized spacial score (nSPS) is 22.6. The topological polar surface area (TPSA) is 228 Å². The van der Waals surface area contributed by atoms with E-state index in [0.29, 0.717) is 12.8 Å². The lowest BCUT2D eigenvalue weighted by Crippen LogP contribution is -2.65. The maximum atomic E-state index is 13.4. The molecule has 0 aliphatic carbocycles. The Morgan fingerprint density at radius 1 is 0.366 bits per heavy atom. The van der Waals surface area contributed by atoms with Crippen LogP contribution in [0.5, 0.6) is 0 Å². The van der Waals surface area contributed by atoms with Gasteiger partial charge in [0.15, 0.2) is 12.6 Å². The number of carbonyl (C=O) groups is 1. The van der Waals surface area contributed by atoms with Gasteiger partial charge in [-0.2, -0.15) is 0 Å². The van der Waals surface area contributed by atoms with Crippen molar-refractivity contribution in [2.45, 2.75) is 376 Å². The highest BCUT2D eigenvalue weighted by Gasteiger charge is 2.51. The Balaban J connectivity index is 1.66. The zero-order chi connectivity index (χ0) is 73.0. The first-order valence-electron chi connectivity index (χ1n) is 40.6. The van der Waals surface area contributed by atoms with Gasteiger partial charge in [0.25, 0.3) is 0 Å². The maximum absolute atomic E-state index is 13.4. The number of aliphatic hydroxyl groups is 8. The summed E-state index contributed by atoms with van der Waals surface area (Å²) in [5, 5.41) is 87.7. The van der Waals surface area contributed by atoms with Crippen molar-refractivity contribution in [3.63, 3.8) is 0 Å². The SMILES string of the molecule is CC/C=C\C/C=C\C/C=C\C/C=C\C/C=C\C/C=C\C/C=C\C/C=C\C/C=C\C/C=C\CCCCCCCCC(=O)NC(COC1OC(CO)C(OC2OC(CO)C(O)C(O)C2O)C(O)C1O)C(O)/C=C/CC/C=C/CCCCCCCCCCCCCCCCCCCCCCCCCC. The van der Waals surface area contributed by atoms with Crippen molar-refractivity contribution in [3.05, 3.63) is 146 Å². The molecule has 2 heterocycles. The lowest BCUT2D eigenvalue weighted by Gasteiger charge is -2.46. The van der Waals surface area contributed by atoms with E-state index in [1.54, 1.807) is 6.08 Å². The number of amides is 1. The summed E-state index contributed by atoms with van der Waals surface area (Å²) in [6, 6.07) is -0.953. The Morgan fingerprint density at radius 3 is 1.09 bits per heavy atom. The van der Waals surface area contributed by atoms with E-state index >= 15 is 0 Å². The Morgan fingerprint density at radius 2 is 0.693 bits per heavy atom. The zero-order valence-corrected chi connectivity index (χ0v) is 63.3. The van der Waals surface area contributed by atoms with Gasteiger partial charge in [-0.05, 0) is 109 Å². The quantitative estimate of drug-likeness (QED) is 0.0204. The maximum Gasteiger partial charge on any atom is 0.220 e. The second kappa shape index (κ2) is 68.9. The van der Waals surface area contributed by atoms with E-state index in [1.165, 1.54) is 154 Å². The highest BCUT2D eigenvalue weighted by molar-refractivity contribution is 5.76. The lowest BCUT2D eigenvalue weighted by atomic mass is 9.97. The molecule has 2 rings (SSSR count). The highest BCUT2D eigenvalue weighted by Crippen LogP contribution is 2.30. The van der Waals surface area contributed by atoms with Crippen LogP contribution in [-0.2, 0) is 23.7 Å². The number of hydrogen-bond acceptors (Lipinski definition) is 13. The minimum absolute atomic E-state index is 0.247. The number of ether oxygens (including phenoxy) is 4. The molecule has 101 heavy (non-hydrogen) atoms. The summed E-state index contributed by atoms with van der Waals surface area (Å²) in [6.07, 6.45) is 87.8. The van der Waals surface area contributed by atoms with Gasteiger partial charge in [0.1, 0.15) is 48.8 Å². The molecule has 2 fully saturated rings. The summed E-state index contributed by atoms with van der Waals surface area (Å²) in [6.45, 7) is 2.68. The molecule has 14 heteroatoms. The molecule has 2 saturated heterocycles. The van der Waals surface area contributed by atoms with Crippen LogP contribution in [0.1, 0.15) is 303 Å². The van der Waals surface area contributed by atoms with E-state index in [0.717, 1.165) is 116 Å². The third kappa shape index (κ3) is 51.7. The van der Waals surface area contributed by atoms with E-state index < -0.39 is 86.8 Å². The Bertz CT molecular complexity index is 2260. The molecule has 12 unspecified atom stereocenters. The van der Waals surface area contributed by atoms with Crippen molar-refractivity contribution in [1.29, 1.82) is 0 Å². The third-order valence-corrected chi connectivity index (χ3v) is 18.8. The fraction of sp³-hybridized carbons (Fsp3) is 0.713. The smallest absolute Gasteiger partial charge is 0.220 e. The minimum Gasteiger partial charge on any atom is -0.394 e. The standard InChI is InChI=1S/C87H147NO13/c1-3-5-7-9-11-13-15-17-19-21-23-25-27-29-31-33-35-36-37-38-39-40-41-43-45-47-49-51-53-55-57-59-61-63-65-67-69-71-79(92)88-75(74-98-86-84(97)82(95)85(78(73-90)100-86)101-87-83(96)81(94)80(93)77(72-89)99-87)76(91)70-68-66-64-62-60-58-56-54-52-50-48-46-44-42-34-32-30-28-26-24-22-20-18-16-14-12-10-8-6-4-2/h5,7,11,13,17,19,23,25,29,31,35-36,38-39,41,43,47,49,53,55,60,62,68,70,75-78,80-87,89-91,93-97H,3-4,6,8-10,12,14-16,18,20-22,24,26-28,30,32-34,37,40,42,44-46,48,50-52,54,56-59,61,63-67,69,71-74H2,1-2H3,(H,88,92)/b7-5-,13-11-,19-17-,25-23-,31-29-,36-35-,39-38-,43-41-,49-47-,55-53-,62-60+,70-68+. The van der Waals surface area contributed by atoms with E-state index in [9.17, 15) is 45.6 Å². The van der Waals surface area contributed by atoms with Crippen LogP contribution in [0.2, 0.25) is 0 Å². The molecule has 2 aliphatic rings. The molecule has 9 N–H and O–H groups in total. The minimum atomic E-state index is -1.80. The van der Waals surface area contributed by atoms with Crippen LogP contribution in [0, 0.1) is 0 Å². The molecule has 0 radical (unpaired) electrons. The number of aliphatic hydroxyl groups excluding tert-OH is 8. The fourth-order valence-corrected chi connectivity index (χ4v) is 12.4. The van der Waals surface area contributed by atoms with Gasteiger partial charge in [-0.1, -0.05) is 333 Å². The van der Waals surface area contributed by atoms with Gasteiger partial charge in [-0.15, -0.1) is 0 Å². The number of rotatable bonds is 66. The Kier molecular flexibility index (Phi) is 63.5. The number of hydrogen-bond donors (Lipinski definition) is 9. The van der Waals surface area contributed by atoms with E-state index in [4.69, 9.17) is 18.9 Å². The van der Waals surface area contributed by atoms with Crippen LogP contribution in [0.15, 0.2) is 146 Å². The van der Waals surface area contributed by atoms with Crippen LogP contribution in [-0.4, -0.2) is 140 Å². The van der Waals surface area contributed by atoms with Crippen molar-refractivity contribution in [3.8, 4) is 0 Å². The molecule has 0 saturated carbocycles. The monoisotopic (exact) mass is 1410 g/mol. The molecule has 12 atom stereocenters. The second-order valence-electron chi connectivity index (χ2n) is 27.8. The van der Waals surface area contributed by atoms with Gasteiger partial charge < -0.3 is 65.1 Å². The number of carbonyl (C=O) groups excluding carboxylic acids is 1. The molecule has 578 valence electrons. The first-order chi connectivity index (χ1) is 49.6. The second-order valence-corrected chi connectivity index (χ2v) is 27.8. The van der Waals surface area contributed by atoms with Crippen LogP contribution < -0.4 is 5.32 Å². The van der Waals surface area contributed by atoms with Crippen molar-refractivity contribution in [1.82, 2.24) is 5.32 Å². The lowest BCUT2D eigenvalue weighted by molar-refractivity contribution is -0.359. The van der Waals surface area contributed by atoms with Crippen LogP contribution in [0.25, 0.3) is 0 Å². The Labute approximate surface area is 614 Å². The van der Waals surface area contributed by atoms with Crippen LogP contribution >= 0.6 is 0 Å². The van der Waals surface area contributed by atoms with Gasteiger partial charge in [0.05, 0.1) is 32.0 Å². The van der Waals surface area contributed by atoms with Gasteiger partial charge in [0.2, 0.25) is 5.91 Å². The molecule has 0 aromatic heterocycles. The number of nitrogens with one attached hydrogen (secondary N) is 1. The molecular weight excluding hydrogens is 1270 g/mol. The first-order valence-corrected chi connectivity index (χ1v) is 40.6. The summed E-state index contributed by atoms with van der Waals surface area (Å²) in [5.41, 5.74) is 0. The van der Waals surface area contributed by atoms with Crippen molar-refractivity contribution in [2.75, 3.05) is 19.8 Å². The zero-order valence-electron chi connectivity index (χ0n) is 63.3. The predicted molar refractivity (Wildman–Crippen MR) is 419 cm³/mol. The molecule has 2 aliphatic heterocycles. The number of unbranched alkanes of at least 4 members (excludes halogenated alkanes) is 31. The van der Waals surface area contributed by atoms with E-state index in [-0.39, 0.29) is 18.9 Å². The average molecular weight is 1420 g/mol. The van der Waals surface area contributed by atoms with Crippen LogP contribution in [0.3, 0.4) is 0 Å². The van der Waals surface area contributed by atoms with Gasteiger partial charge in [-0.25, -0.2) is 0 Å². The predicted octanol–water partition coefficient (Wildman–Crippen LogP) is 18.7. The fourth-order valence-electron chi connectivity index (χ4n) is 12.4. The van der Waals surface area contributed by atoms with Gasteiger partial charge in [0, 0.05) is 6.42 Å². The largest absolute Gasteiger partial charge is 0.394 e. The summed E-state index contributed by atoms with van der Waals surface area (Å²) in [7, 11) is 0. The van der Waals surface area contributed by atoms with Gasteiger partial charge in [-0.3, -0.25) is 4.79 Å². The Hall–Kier alpha value is -4.13. The first kappa shape index (κ1) is 93.0. The molecular formula is C87H147NO13. The average Bonchev–Trinajstić information content (AvgIpc) is 0.792. The molecule has 0 bridgehead atoms. The summed E-state index contributed by atoms with van der Waals surface area (Å²) in [5.74, 6) is -0.267.